The van der Waals surface area contributed by atoms with E-state index in [1.54, 1.807) is 23.9 Å². The van der Waals surface area contributed by atoms with E-state index in [0.29, 0.717) is 39.9 Å². The van der Waals surface area contributed by atoms with Crippen molar-refractivity contribution in [3.8, 4) is 11.6 Å². The van der Waals surface area contributed by atoms with Gasteiger partial charge in [-0.25, -0.2) is 0 Å². The molecule has 1 aliphatic heterocycles. The summed E-state index contributed by atoms with van der Waals surface area (Å²) in [7, 11) is 1.58. The molecule has 4 aromatic rings. The van der Waals surface area contributed by atoms with Crippen molar-refractivity contribution in [2.24, 2.45) is 0 Å². The predicted molar refractivity (Wildman–Crippen MR) is 128 cm³/mol. The number of methoxy groups -OCH3 is 1. The SMILES string of the molecule is COc1ccc2c(c1)c(OC(C1=COCO1)c1ccccc1Cl)nn2Cc1cccc([N+](=O)[O-])c1. The normalized spacial score (nSPS) is 13.6. The molecule has 10 heteroatoms. The fraction of sp³-hybridized carbons (Fsp3) is 0.160. The number of hydrogen-bond donors (Lipinski definition) is 0. The summed E-state index contributed by atoms with van der Waals surface area (Å²) in [6, 6.07) is 19.3. The zero-order chi connectivity index (χ0) is 24.4. The maximum Gasteiger partial charge on any atom is 0.269 e. The third kappa shape index (κ3) is 4.58. The fourth-order valence-corrected chi connectivity index (χ4v) is 4.10. The van der Waals surface area contributed by atoms with E-state index in [0.717, 1.165) is 11.1 Å². The molecule has 0 fully saturated rings. The van der Waals surface area contributed by atoms with Gasteiger partial charge in [0, 0.05) is 22.7 Å². The maximum absolute atomic E-state index is 11.2. The van der Waals surface area contributed by atoms with Crippen molar-refractivity contribution < 1.29 is 23.9 Å². The lowest BCUT2D eigenvalue weighted by Crippen LogP contribution is -2.13. The minimum atomic E-state index is -0.707. The number of ether oxygens (including phenoxy) is 4. The summed E-state index contributed by atoms with van der Waals surface area (Å²) in [5, 5.41) is 17.1. The van der Waals surface area contributed by atoms with Crippen LogP contribution >= 0.6 is 11.6 Å². The Morgan fingerprint density at radius 3 is 2.77 bits per heavy atom. The number of nitro groups is 1. The van der Waals surface area contributed by atoms with Crippen LogP contribution < -0.4 is 9.47 Å². The highest BCUT2D eigenvalue weighted by atomic mass is 35.5. The maximum atomic E-state index is 11.2. The van der Waals surface area contributed by atoms with Crippen LogP contribution in [-0.4, -0.2) is 28.6 Å². The number of nitrogens with zero attached hydrogens (tertiary/aromatic N) is 3. The molecular formula is C25H20ClN3O6. The molecule has 0 bridgehead atoms. The van der Waals surface area contributed by atoms with Crippen LogP contribution in [0.5, 0.6) is 11.6 Å². The lowest BCUT2D eigenvalue weighted by atomic mass is 10.1. The number of hydrogen-bond acceptors (Lipinski definition) is 7. The van der Waals surface area contributed by atoms with E-state index in [4.69, 9.17) is 35.6 Å². The lowest BCUT2D eigenvalue weighted by Gasteiger charge is -2.19. The van der Waals surface area contributed by atoms with Crippen molar-refractivity contribution in [1.82, 2.24) is 9.78 Å². The first kappa shape index (κ1) is 22.5. The second kappa shape index (κ2) is 9.55. The van der Waals surface area contributed by atoms with Gasteiger partial charge in [-0.2, -0.15) is 0 Å². The van der Waals surface area contributed by atoms with E-state index in [-0.39, 0.29) is 12.5 Å². The molecule has 0 spiro atoms. The number of aromatic nitrogens is 2. The quantitative estimate of drug-likeness (QED) is 0.232. The number of rotatable bonds is 8. The Labute approximate surface area is 205 Å². The van der Waals surface area contributed by atoms with Crippen LogP contribution in [0.4, 0.5) is 5.69 Å². The monoisotopic (exact) mass is 493 g/mol. The average Bonchev–Trinajstić information content (AvgIpc) is 3.52. The number of fused-ring (bicyclic) bond motifs is 1. The Kier molecular flexibility index (Phi) is 6.15. The van der Waals surface area contributed by atoms with E-state index < -0.39 is 11.0 Å². The second-order valence-corrected chi connectivity index (χ2v) is 8.15. The van der Waals surface area contributed by atoms with Gasteiger partial charge in [-0.3, -0.25) is 14.8 Å². The molecule has 2 heterocycles. The first-order valence-electron chi connectivity index (χ1n) is 10.7. The summed E-state index contributed by atoms with van der Waals surface area (Å²) >= 11 is 6.48. The van der Waals surface area contributed by atoms with E-state index in [2.05, 4.69) is 0 Å². The van der Waals surface area contributed by atoms with E-state index >= 15 is 0 Å². The van der Waals surface area contributed by atoms with Gasteiger partial charge in [0.15, 0.2) is 11.9 Å². The smallest absolute Gasteiger partial charge is 0.269 e. The van der Waals surface area contributed by atoms with Gasteiger partial charge in [0.05, 0.1) is 29.5 Å². The standard InChI is InChI=1S/C25H20ClN3O6/c1-32-18-9-10-22-20(12-18)25(27-28(22)13-16-5-4-6-17(11-16)29(30)31)35-24(23-14-33-15-34-23)19-7-2-3-8-21(19)26/h2-12,14,24H,13,15H2,1H3. The van der Waals surface area contributed by atoms with Gasteiger partial charge in [0.1, 0.15) is 12.0 Å². The summed E-state index contributed by atoms with van der Waals surface area (Å²) in [4.78, 5) is 10.8. The molecule has 3 aromatic carbocycles. The predicted octanol–water partition coefficient (Wildman–Crippen LogP) is 5.62. The van der Waals surface area contributed by atoms with Gasteiger partial charge in [-0.05, 0) is 29.8 Å². The van der Waals surface area contributed by atoms with Crippen LogP contribution in [0.3, 0.4) is 0 Å². The molecule has 5 rings (SSSR count). The molecule has 0 radical (unpaired) electrons. The Morgan fingerprint density at radius 1 is 1.17 bits per heavy atom. The molecule has 0 saturated carbocycles. The highest BCUT2D eigenvalue weighted by Gasteiger charge is 2.28. The van der Waals surface area contributed by atoms with Crippen molar-refractivity contribution >= 4 is 28.2 Å². The molecule has 1 aliphatic rings. The van der Waals surface area contributed by atoms with Crippen LogP contribution in [0.2, 0.25) is 5.02 Å². The number of non-ortho nitro benzene ring substituents is 1. The third-order valence-electron chi connectivity index (χ3n) is 5.55. The summed E-state index contributed by atoms with van der Waals surface area (Å²) in [6.45, 7) is 0.377. The Morgan fingerprint density at radius 2 is 2.03 bits per heavy atom. The zero-order valence-corrected chi connectivity index (χ0v) is 19.3. The largest absolute Gasteiger partial charge is 0.497 e. The minimum Gasteiger partial charge on any atom is -0.497 e. The van der Waals surface area contributed by atoms with Crippen LogP contribution in [0.15, 0.2) is 78.8 Å². The molecule has 178 valence electrons. The van der Waals surface area contributed by atoms with Crippen molar-refractivity contribution in [3.05, 3.63) is 105 Å². The molecule has 0 saturated heterocycles. The molecule has 0 aliphatic carbocycles. The van der Waals surface area contributed by atoms with Gasteiger partial charge in [0.2, 0.25) is 12.7 Å². The average molecular weight is 494 g/mol. The molecule has 1 aromatic heterocycles. The van der Waals surface area contributed by atoms with E-state index in [9.17, 15) is 10.1 Å². The lowest BCUT2D eigenvalue weighted by molar-refractivity contribution is -0.384. The van der Waals surface area contributed by atoms with Gasteiger partial charge in [0.25, 0.3) is 5.69 Å². The molecule has 1 unspecified atom stereocenters. The number of nitro benzene ring substituents is 1. The van der Waals surface area contributed by atoms with Gasteiger partial charge < -0.3 is 18.9 Å². The Hall–Kier alpha value is -4.24. The zero-order valence-electron chi connectivity index (χ0n) is 18.6. The first-order valence-corrected chi connectivity index (χ1v) is 11.0. The number of halogens is 1. The van der Waals surface area contributed by atoms with Gasteiger partial charge >= 0.3 is 0 Å². The van der Waals surface area contributed by atoms with Crippen molar-refractivity contribution in [2.75, 3.05) is 13.9 Å². The molecule has 0 amide bonds. The van der Waals surface area contributed by atoms with E-state index in [1.165, 1.54) is 18.4 Å². The first-order chi connectivity index (χ1) is 17.0. The number of benzene rings is 3. The summed E-state index contributed by atoms with van der Waals surface area (Å²) in [6.07, 6.45) is 0.790. The minimum absolute atomic E-state index is 0.0150. The van der Waals surface area contributed by atoms with Crippen LogP contribution in [0.1, 0.15) is 17.2 Å². The van der Waals surface area contributed by atoms with E-state index in [1.807, 2.05) is 42.5 Å². The fourth-order valence-electron chi connectivity index (χ4n) is 3.87. The molecule has 9 nitrogen and oxygen atoms in total. The van der Waals surface area contributed by atoms with Gasteiger partial charge in [-0.1, -0.05) is 41.9 Å². The Balaban J connectivity index is 1.58. The second-order valence-electron chi connectivity index (χ2n) is 7.74. The highest BCUT2D eigenvalue weighted by Crippen LogP contribution is 2.38. The van der Waals surface area contributed by atoms with Crippen molar-refractivity contribution in [2.45, 2.75) is 12.6 Å². The molecular weight excluding hydrogens is 474 g/mol. The highest BCUT2D eigenvalue weighted by molar-refractivity contribution is 6.31. The van der Waals surface area contributed by atoms with Gasteiger partial charge in [-0.15, -0.1) is 5.10 Å². The summed E-state index contributed by atoms with van der Waals surface area (Å²) in [5.41, 5.74) is 2.20. The molecule has 1 atom stereocenters. The summed E-state index contributed by atoms with van der Waals surface area (Å²) in [5.74, 6) is 1.42. The topological polar surface area (TPSA) is 97.9 Å². The summed E-state index contributed by atoms with van der Waals surface area (Å²) < 4.78 is 24.4. The van der Waals surface area contributed by atoms with Crippen LogP contribution in [-0.2, 0) is 16.0 Å². The van der Waals surface area contributed by atoms with Crippen molar-refractivity contribution in [3.63, 3.8) is 0 Å². The molecule has 0 N–H and O–H groups in total. The molecule has 35 heavy (non-hydrogen) atoms. The van der Waals surface area contributed by atoms with Crippen molar-refractivity contribution in [1.29, 1.82) is 0 Å². The third-order valence-corrected chi connectivity index (χ3v) is 5.89. The van der Waals surface area contributed by atoms with Crippen LogP contribution in [0.25, 0.3) is 10.9 Å². The Bertz CT molecular complexity index is 1430. The van der Waals surface area contributed by atoms with Crippen LogP contribution in [0, 0.1) is 10.1 Å².